The van der Waals surface area contributed by atoms with Crippen LogP contribution in [0.5, 0.6) is 0 Å². The van der Waals surface area contributed by atoms with E-state index in [4.69, 9.17) is 12.2 Å². The molecule has 17 heavy (non-hydrogen) atoms. The summed E-state index contributed by atoms with van der Waals surface area (Å²) in [4.78, 5) is 4.57. The van der Waals surface area contributed by atoms with Gasteiger partial charge in [0.25, 0.3) is 0 Å². The van der Waals surface area contributed by atoms with Gasteiger partial charge in [0.05, 0.1) is 5.52 Å². The van der Waals surface area contributed by atoms with E-state index in [0.717, 1.165) is 22.4 Å². The fourth-order valence-electron chi connectivity index (χ4n) is 1.77. The molecular weight excluding hydrogens is 232 g/mol. The monoisotopic (exact) mass is 242 g/mol. The molecule has 0 atom stereocenters. The van der Waals surface area contributed by atoms with Crippen LogP contribution in [0.15, 0.2) is 36.4 Å². The Labute approximate surface area is 103 Å². The van der Waals surface area contributed by atoms with Crippen LogP contribution in [0.1, 0.15) is 0 Å². The van der Waals surface area contributed by atoms with Crippen LogP contribution in [-0.2, 0) is 7.05 Å². The molecule has 0 amide bonds. The third kappa shape index (κ3) is 1.64. The Morgan fingerprint density at radius 3 is 2.76 bits per heavy atom. The van der Waals surface area contributed by atoms with E-state index in [1.54, 1.807) is 0 Å². The zero-order valence-electron chi connectivity index (χ0n) is 9.21. The van der Waals surface area contributed by atoms with E-state index in [1.165, 1.54) is 0 Å². The summed E-state index contributed by atoms with van der Waals surface area (Å²) in [7, 11) is 1.87. The SMILES string of the molecule is Cn1c(-c2ccc3ccccc3n2)n[nH]c1=S. The second-order valence-corrected chi connectivity index (χ2v) is 4.19. The summed E-state index contributed by atoms with van der Waals surface area (Å²) in [6, 6.07) is 12.0. The number of aromatic amines is 1. The second kappa shape index (κ2) is 3.78. The van der Waals surface area contributed by atoms with E-state index < -0.39 is 0 Å². The fraction of sp³-hybridized carbons (Fsp3) is 0.0833. The number of H-pyrrole nitrogens is 1. The van der Waals surface area contributed by atoms with Gasteiger partial charge >= 0.3 is 0 Å². The maximum atomic E-state index is 5.09. The number of benzene rings is 1. The maximum absolute atomic E-state index is 5.09. The lowest BCUT2D eigenvalue weighted by molar-refractivity contribution is 0.898. The fourth-order valence-corrected chi connectivity index (χ4v) is 1.90. The standard InChI is InChI=1S/C12H10N4S/c1-16-11(14-15-12(16)17)10-7-6-8-4-2-3-5-9(8)13-10/h2-7H,1H3,(H,15,17). The van der Waals surface area contributed by atoms with E-state index in [-0.39, 0.29) is 0 Å². The summed E-state index contributed by atoms with van der Waals surface area (Å²) in [5.41, 5.74) is 1.78. The number of nitrogens with one attached hydrogen (secondary N) is 1. The van der Waals surface area contributed by atoms with Crippen molar-refractivity contribution in [2.24, 2.45) is 7.05 Å². The molecule has 0 saturated carbocycles. The summed E-state index contributed by atoms with van der Waals surface area (Å²) >= 11 is 5.09. The Balaban J connectivity index is 2.25. The van der Waals surface area contributed by atoms with Crippen LogP contribution in [0, 0.1) is 4.77 Å². The van der Waals surface area contributed by atoms with Gasteiger partial charge < -0.3 is 4.57 Å². The largest absolute Gasteiger partial charge is 0.302 e. The molecule has 2 heterocycles. The lowest BCUT2D eigenvalue weighted by Gasteiger charge is -2.01. The average molecular weight is 242 g/mol. The minimum Gasteiger partial charge on any atom is -0.302 e. The van der Waals surface area contributed by atoms with E-state index in [9.17, 15) is 0 Å². The molecular formula is C12H10N4S. The van der Waals surface area contributed by atoms with Crippen LogP contribution in [0.25, 0.3) is 22.4 Å². The summed E-state index contributed by atoms with van der Waals surface area (Å²) in [5, 5.41) is 8.05. The highest BCUT2D eigenvalue weighted by Crippen LogP contribution is 2.18. The first-order valence-corrected chi connectivity index (χ1v) is 5.64. The van der Waals surface area contributed by atoms with Crippen LogP contribution in [0.2, 0.25) is 0 Å². The Kier molecular flexibility index (Phi) is 2.26. The molecule has 0 saturated heterocycles. The Hall–Kier alpha value is -2.01. The molecule has 0 aliphatic carbocycles. The molecule has 5 heteroatoms. The first kappa shape index (κ1) is 10.2. The Morgan fingerprint density at radius 1 is 1.18 bits per heavy atom. The van der Waals surface area contributed by atoms with Crippen molar-refractivity contribution in [1.82, 2.24) is 19.7 Å². The van der Waals surface area contributed by atoms with Gasteiger partial charge in [-0.25, -0.2) is 4.98 Å². The molecule has 0 radical (unpaired) electrons. The molecule has 1 aromatic carbocycles. The van der Waals surface area contributed by atoms with Crippen molar-refractivity contribution in [3.63, 3.8) is 0 Å². The smallest absolute Gasteiger partial charge is 0.195 e. The number of para-hydroxylation sites is 1. The Morgan fingerprint density at radius 2 is 2.00 bits per heavy atom. The van der Waals surface area contributed by atoms with Gasteiger partial charge in [-0.3, -0.25) is 5.10 Å². The number of nitrogens with zero attached hydrogens (tertiary/aromatic N) is 3. The van der Waals surface area contributed by atoms with Gasteiger partial charge in [-0.1, -0.05) is 24.3 Å². The molecule has 84 valence electrons. The highest BCUT2D eigenvalue weighted by atomic mass is 32.1. The first-order valence-electron chi connectivity index (χ1n) is 5.23. The number of hydrogen-bond acceptors (Lipinski definition) is 3. The molecule has 0 spiro atoms. The quantitative estimate of drug-likeness (QED) is 0.667. The van der Waals surface area contributed by atoms with E-state index in [0.29, 0.717) is 4.77 Å². The van der Waals surface area contributed by atoms with Crippen molar-refractivity contribution in [2.45, 2.75) is 0 Å². The van der Waals surface area contributed by atoms with Crippen molar-refractivity contribution >= 4 is 23.1 Å². The maximum Gasteiger partial charge on any atom is 0.195 e. The van der Waals surface area contributed by atoms with E-state index >= 15 is 0 Å². The zero-order chi connectivity index (χ0) is 11.8. The van der Waals surface area contributed by atoms with Crippen LogP contribution in [0.4, 0.5) is 0 Å². The summed E-state index contributed by atoms with van der Waals surface area (Å²) in [6.45, 7) is 0. The zero-order valence-corrected chi connectivity index (χ0v) is 10.0. The van der Waals surface area contributed by atoms with Crippen molar-refractivity contribution in [2.75, 3.05) is 0 Å². The normalized spacial score (nSPS) is 10.9. The number of pyridine rings is 1. The molecule has 0 unspecified atom stereocenters. The van der Waals surface area contributed by atoms with E-state index in [1.807, 2.05) is 48.0 Å². The molecule has 0 bridgehead atoms. The summed E-state index contributed by atoms with van der Waals surface area (Å²) in [5.74, 6) is 0.751. The van der Waals surface area contributed by atoms with Crippen LogP contribution < -0.4 is 0 Å². The van der Waals surface area contributed by atoms with Crippen LogP contribution in [0.3, 0.4) is 0 Å². The van der Waals surface area contributed by atoms with Crippen LogP contribution >= 0.6 is 12.2 Å². The molecule has 0 aliphatic rings. The summed E-state index contributed by atoms with van der Waals surface area (Å²) in [6.07, 6.45) is 0. The predicted molar refractivity (Wildman–Crippen MR) is 69.1 cm³/mol. The highest BCUT2D eigenvalue weighted by Gasteiger charge is 2.07. The van der Waals surface area contributed by atoms with Gasteiger partial charge in [-0.05, 0) is 24.4 Å². The molecule has 0 fully saturated rings. The van der Waals surface area contributed by atoms with Crippen molar-refractivity contribution < 1.29 is 0 Å². The lowest BCUT2D eigenvalue weighted by Crippen LogP contribution is -1.94. The van der Waals surface area contributed by atoms with Crippen molar-refractivity contribution in [3.8, 4) is 11.5 Å². The molecule has 2 aromatic heterocycles. The Bertz CT molecular complexity index is 741. The third-order valence-corrected chi connectivity index (χ3v) is 3.07. The van der Waals surface area contributed by atoms with Gasteiger partial charge in [-0.2, -0.15) is 5.10 Å². The highest BCUT2D eigenvalue weighted by molar-refractivity contribution is 7.71. The minimum absolute atomic E-state index is 0.593. The molecule has 4 nitrogen and oxygen atoms in total. The first-order chi connectivity index (χ1) is 8.25. The lowest BCUT2D eigenvalue weighted by atomic mass is 10.2. The third-order valence-electron chi connectivity index (χ3n) is 2.71. The van der Waals surface area contributed by atoms with Crippen molar-refractivity contribution in [1.29, 1.82) is 0 Å². The molecule has 1 N–H and O–H groups in total. The molecule has 3 rings (SSSR count). The predicted octanol–water partition coefficient (Wildman–Crippen LogP) is 2.69. The number of hydrogen-bond donors (Lipinski definition) is 1. The van der Waals surface area contributed by atoms with E-state index in [2.05, 4.69) is 15.2 Å². The average Bonchev–Trinajstić information content (AvgIpc) is 2.70. The van der Waals surface area contributed by atoms with Gasteiger partial charge in [0.2, 0.25) is 0 Å². The van der Waals surface area contributed by atoms with Crippen LogP contribution in [-0.4, -0.2) is 19.7 Å². The van der Waals surface area contributed by atoms with Gasteiger partial charge in [0, 0.05) is 12.4 Å². The number of rotatable bonds is 1. The molecule has 3 aromatic rings. The number of fused-ring (bicyclic) bond motifs is 1. The van der Waals surface area contributed by atoms with Gasteiger partial charge in [-0.15, -0.1) is 0 Å². The molecule has 0 aliphatic heterocycles. The van der Waals surface area contributed by atoms with Crippen molar-refractivity contribution in [3.05, 3.63) is 41.2 Å². The van der Waals surface area contributed by atoms with Gasteiger partial charge in [0.1, 0.15) is 5.69 Å². The second-order valence-electron chi connectivity index (χ2n) is 3.80. The van der Waals surface area contributed by atoms with Gasteiger partial charge in [0.15, 0.2) is 10.6 Å². The topological polar surface area (TPSA) is 46.5 Å². The summed E-state index contributed by atoms with van der Waals surface area (Å²) < 4.78 is 2.40. The minimum atomic E-state index is 0.593. The number of aromatic nitrogens is 4.